The van der Waals surface area contributed by atoms with E-state index in [-0.39, 0.29) is 30.9 Å². The minimum Gasteiger partial charge on any atom is -0.336 e. The molecule has 1 saturated carbocycles. The van der Waals surface area contributed by atoms with Gasteiger partial charge in [-0.1, -0.05) is 31.4 Å². The molecule has 2 fully saturated rings. The molecule has 1 aromatic heterocycles. The molecule has 4 rings (SSSR count). The van der Waals surface area contributed by atoms with Crippen LogP contribution in [0.5, 0.6) is 0 Å². The summed E-state index contributed by atoms with van der Waals surface area (Å²) in [5.41, 5.74) is 2.07. The number of aryl methyl sites for hydroxylation is 1. The van der Waals surface area contributed by atoms with E-state index in [0.29, 0.717) is 29.9 Å². The molecule has 1 aromatic carbocycles. The molecule has 1 aliphatic heterocycles. The minimum atomic E-state index is -3.57. The van der Waals surface area contributed by atoms with Crippen molar-refractivity contribution in [3.63, 3.8) is 0 Å². The molecule has 0 unspecified atom stereocenters. The van der Waals surface area contributed by atoms with Gasteiger partial charge in [-0.3, -0.25) is 14.6 Å². The number of para-hydroxylation sites is 1. The van der Waals surface area contributed by atoms with Crippen LogP contribution < -0.4 is 5.32 Å². The first-order chi connectivity index (χ1) is 16.8. The number of piperazine rings is 1. The SMILES string of the molecule is Cc1cccc(C(=O)N2CCN(S(=O)(=O)N(C)C3CCCCC3)CC2)c1NC(=O)c1ccncc1. The quantitative estimate of drug-likeness (QED) is 0.658. The smallest absolute Gasteiger partial charge is 0.282 e. The Balaban J connectivity index is 1.44. The molecule has 0 atom stereocenters. The van der Waals surface area contributed by atoms with Crippen LogP contribution in [0.1, 0.15) is 58.4 Å². The van der Waals surface area contributed by atoms with Gasteiger partial charge < -0.3 is 10.2 Å². The van der Waals surface area contributed by atoms with Crippen molar-refractivity contribution in [1.82, 2.24) is 18.5 Å². The highest BCUT2D eigenvalue weighted by atomic mass is 32.2. The van der Waals surface area contributed by atoms with E-state index in [9.17, 15) is 18.0 Å². The maximum Gasteiger partial charge on any atom is 0.282 e. The Kier molecular flexibility index (Phi) is 7.83. The number of nitrogens with zero attached hydrogens (tertiary/aromatic N) is 4. The number of carbonyl (C=O) groups excluding carboxylic acids is 2. The van der Waals surface area contributed by atoms with Gasteiger partial charge in [0.1, 0.15) is 0 Å². The highest BCUT2D eigenvalue weighted by molar-refractivity contribution is 7.86. The van der Waals surface area contributed by atoms with E-state index in [1.54, 1.807) is 36.2 Å². The van der Waals surface area contributed by atoms with Crippen LogP contribution in [0, 0.1) is 6.92 Å². The molecule has 0 spiro atoms. The van der Waals surface area contributed by atoms with Crippen LogP contribution in [0.3, 0.4) is 0 Å². The van der Waals surface area contributed by atoms with Crippen LogP contribution >= 0.6 is 0 Å². The van der Waals surface area contributed by atoms with Crippen molar-refractivity contribution in [1.29, 1.82) is 0 Å². The van der Waals surface area contributed by atoms with Crippen molar-refractivity contribution in [3.8, 4) is 0 Å². The Morgan fingerprint density at radius 3 is 2.31 bits per heavy atom. The number of amides is 2. The maximum absolute atomic E-state index is 13.4. The van der Waals surface area contributed by atoms with Crippen molar-refractivity contribution >= 4 is 27.7 Å². The van der Waals surface area contributed by atoms with E-state index in [0.717, 1.165) is 37.7 Å². The predicted molar refractivity (Wildman–Crippen MR) is 134 cm³/mol. The molecule has 9 nitrogen and oxygen atoms in total. The van der Waals surface area contributed by atoms with Crippen molar-refractivity contribution in [3.05, 3.63) is 59.4 Å². The highest BCUT2D eigenvalue weighted by Gasteiger charge is 2.35. The topological polar surface area (TPSA) is 103 Å². The number of pyridine rings is 1. The van der Waals surface area contributed by atoms with Gasteiger partial charge in [0.15, 0.2) is 0 Å². The number of hydrogen-bond donors (Lipinski definition) is 1. The summed E-state index contributed by atoms with van der Waals surface area (Å²) >= 11 is 0. The summed E-state index contributed by atoms with van der Waals surface area (Å²) in [4.78, 5) is 31.7. The molecular formula is C25H33N5O4S. The highest BCUT2D eigenvalue weighted by Crippen LogP contribution is 2.27. The summed E-state index contributed by atoms with van der Waals surface area (Å²) in [7, 11) is -1.90. The molecule has 1 aliphatic carbocycles. The average molecular weight is 500 g/mol. The van der Waals surface area contributed by atoms with Crippen LogP contribution in [-0.2, 0) is 10.2 Å². The normalized spacial score (nSPS) is 18.0. The second kappa shape index (κ2) is 10.8. The Labute approximate surface area is 207 Å². The fraction of sp³-hybridized carbons (Fsp3) is 0.480. The van der Waals surface area contributed by atoms with Gasteiger partial charge in [0.25, 0.3) is 22.0 Å². The summed E-state index contributed by atoms with van der Waals surface area (Å²) in [6.07, 6.45) is 8.16. The van der Waals surface area contributed by atoms with Crippen molar-refractivity contribution in [2.75, 3.05) is 38.5 Å². The maximum atomic E-state index is 13.4. The summed E-state index contributed by atoms with van der Waals surface area (Å²) < 4.78 is 29.4. The van der Waals surface area contributed by atoms with Crippen LogP contribution in [0.15, 0.2) is 42.7 Å². The number of rotatable bonds is 6. The second-order valence-electron chi connectivity index (χ2n) is 9.19. The lowest BCUT2D eigenvalue weighted by Gasteiger charge is -2.38. The van der Waals surface area contributed by atoms with Gasteiger partial charge in [0.2, 0.25) is 0 Å². The minimum absolute atomic E-state index is 0.0484. The first-order valence-corrected chi connectivity index (χ1v) is 13.5. The van der Waals surface area contributed by atoms with E-state index in [1.165, 1.54) is 21.0 Å². The Morgan fingerprint density at radius 2 is 1.66 bits per heavy atom. The number of benzene rings is 1. The zero-order chi connectivity index (χ0) is 25.0. The molecule has 2 aromatic rings. The molecule has 0 radical (unpaired) electrons. The fourth-order valence-electron chi connectivity index (χ4n) is 4.81. The number of anilines is 1. The second-order valence-corrected chi connectivity index (χ2v) is 11.2. The van der Waals surface area contributed by atoms with Gasteiger partial charge in [0, 0.05) is 57.2 Å². The molecule has 188 valence electrons. The van der Waals surface area contributed by atoms with Gasteiger partial charge >= 0.3 is 0 Å². The summed E-state index contributed by atoms with van der Waals surface area (Å²) in [5, 5.41) is 2.87. The van der Waals surface area contributed by atoms with Crippen LogP contribution in [0.4, 0.5) is 5.69 Å². The first kappa shape index (κ1) is 25.3. The van der Waals surface area contributed by atoms with E-state index >= 15 is 0 Å². The molecule has 0 bridgehead atoms. The van der Waals surface area contributed by atoms with E-state index in [4.69, 9.17) is 0 Å². The number of carbonyl (C=O) groups is 2. The monoisotopic (exact) mass is 499 g/mol. The van der Waals surface area contributed by atoms with Crippen LogP contribution in [-0.4, -0.2) is 78.0 Å². The van der Waals surface area contributed by atoms with E-state index in [2.05, 4.69) is 10.3 Å². The van der Waals surface area contributed by atoms with Gasteiger partial charge in [-0.25, -0.2) is 0 Å². The molecule has 2 amide bonds. The van der Waals surface area contributed by atoms with Crippen LogP contribution in [0.2, 0.25) is 0 Å². The molecule has 1 saturated heterocycles. The molecular weight excluding hydrogens is 466 g/mol. The van der Waals surface area contributed by atoms with Crippen molar-refractivity contribution in [2.24, 2.45) is 0 Å². The van der Waals surface area contributed by atoms with Crippen molar-refractivity contribution in [2.45, 2.75) is 45.1 Å². The van der Waals surface area contributed by atoms with Gasteiger partial charge in [-0.15, -0.1) is 0 Å². The van der Waals surface area contributed by atoms with E-state index in [1.807, 2.05) is 13.0 Å². The Morgan fingerprint density at radius 1 is 1.00 bits per heavy atom. The number of hydrogen-bond acceptors (Lipinski definition) is 5. The van der Waals surface area contributed by atoms with Crippen molar-refractivity contribution < 1.29 is 18.0 Å². The Bertz CT molecular complexity index is 1160. The van der Waals surface area contributed by atoms with Gasteiger partial charge in [-0.05, 0) is 43.5 Å². The fourth-order valence-corrected chi connectivity index (χ4v) is 6.38. The Hall–Kier alpha value is -2.82. The summed E-state index contributed by atoms with van der Waals surface area (Å²) in [5.74, 6) is -0.547. The van der Waals surface area contributed by atoms with Gasteiger partial charge in [-0.2, -0.15) is 17.0 Å². The standard InChI is InChI=1S/C25H33N5O4S/c1-19-7-6-10-22(23(19)27-24(31)20-11-13-26-14-12-20)25(32)29-15-17-30(18-16-29)35(33,34)28(2)21-8-4-3-5-9-21/h6-7,10-14,21H,3-5,8-9,15-18H2,1-2H3,(H,27,31). The molecule has 1 N–H and O–H groups in total. The third kappa shape index (κ3) is 5.55. The molecule has 2 heterocycles. The summed E-state index contributed by atoms with van der Waals surface area (Å²) in [6, 6.07) is 8.58. The lowest BCUT2D eigenvalue weighted by Crippen LogP contribution is -2.55. The average Bonchev–Trinajstić information content (AvgIpc) is 2.90. The molecule has 35 heavy (non-hydrogen) atoms. The largest absolute Gasteiger partial charge is 0.336 e. The lowest BCUT2D eigenvalue weighted by atomic mass is 9.96. The third-order valence-corrected chi connectivity index (χ3v) is 9.03. The number of nitrogens with one attached hydrogen (secondary N) is 1. The third-order valence-electron chi connectivity index (χ3n) is 6.99. The first-order valence-electron chi connectivity index (χ1n) is 12.1. The van der Waals surface area contributed by atoms with Gasteiger partial charge in [0.05, 0.1) is 11.3 Å². The lowest BCUT2D eigenvalue weighted by molar-refractivity contribution is 0.0694. The zero-order valence-corrected chi connectivity index (χ0v) is 21.1. The zero-order valence-electron chi connectivity index (χ0n) is 20.3. The van der Waals surface area contributed by atoms with E-state index < -0.39 is 10.2 Å². The number of aromatic nitrogens is 1. The van der Waals surface area contributed by atoms with Crippen LogP contribution in [0.25, 0.3) is 0 Å². The molecule has 2 aliphatic rings. The predicted octanol–water partition coefficient (Wildman–Crippen LogP) is 2.91. The summed E-state index contributed by atoms with van der Waals surface area (Å²) in [6.45, 7) is 2.92. The molecule has 10 heteroatoms.